The highest BCUT2D eigenvalue weighted by Gasteiger charge is 2.28. The van der Waals surface area contributed by atoms with Crippen LogP contribution in [0.25, 0.3) is 0 Å². The first kappa shape index (κ1) is 14.4. The largest absolute Gasteiger partial charge is 0.383 e. The van der Waals surface area contributed by atoms with Gasteiger partial charge in [0.05, 0.1) is 0 Å². The Balaban J connectivity index is 2.01. The maximum Gasteiger partial charge on any atom is 0.136 e. The minimum Gasteiger partial charge on any atom is -0.383 e. The van der Waals surface area contributed by atoms with Gasteiger partial charge in [-0.15, -0.1) is 0 Å². The van der Waals surface area contributed by atoms with Gasteiger partial charge in [0.15, 0.2) is 0 Å². The average Bonchev–Trinajstić information content (AvgIpc) is 3.19. The van der Waals surface area contributed by atoms with Gasteiger partial charge in [0.25, 0.3) is 0 Å². The van der Waals surface area contributed by atoms with Crippen LogP contribution in [0.5, 0.6) is 0 Å². The van der Waals surface area contributed by atoms with E-state index in [1.165, 1.54) is 24.3 Å². The Kier molecular flexibility index (Phi) is 4.91. The van der Waals surface area contributed by atoms with Crippen molar-refractivity contribution in [3.63, 3.8) is 0 Å². The molecule has 5 heteroatoms. The molecule has 1 unspecified atom stereocenters. The van der Waals surface area contributed by atoms with Crippen molar-refractivity contribution < 1.29 is 0 Å². The first-order valence-corrected chi connectivity index (χ1v) is 8.25. The van der Waals surface area contributed by atoms with Crippen molar-refractivity contribution in [3.8, 4) is 0 Å². The lowest BCUT2D eigenvalue weighted by Gasteiger charge is -2.17. The molecule has 1 aliphatic carbocycles. The molecule has 0 aromatic carbocycles. The summed E-state index contributed by atoms with van der Waals surface area (Å²) in [7, 11) is 0. The van der Waals surface area contributed by atoms with Crippen LogP contribution in [-0.4, -0.2) is 27.5 Å². The molecule has 0 bridgehead atoms. The van der Waals surface area contributed by atoms with E-state index in [2.05, 4.69) is 29.1 Å². The van der Waals surface area contributed by atoms with Crippen LogP contribution in [-0.2, 0) is 0 Å². The highest BCUT2D eigenvalue weighted by Crippen LogP contribution is 2.39. The zero-order valence-corrected chi connectivity index (χ0v) is 12.9. The van der Waals surface area contributed by atoms with Gasteiger partial charge in [-0.2, -0.15) is 11.8 Å². The molecule has 1 heterocycles. The third-order valence-electron chi connectivity index (χ3n) is 3.43. The van der Waals surface area contributed by atoms with Gasteiger partial charge >= 0.3 is 0 Å². The smallest absolute Gasteiger partial charge is 0.136 e. The summed E-state index contributed by atoms with van der Waals surface area (Å²) in [6.45, 7) is 6.38. The van der Waals surface area contributed by atoms with E-state index in [0.29, 0.717) is 17.8 Å². The van der Waals surface area contributed by atoms with Crippen LogP contribution in [0.1, 0.15) is 50.4 Å². The summed E-state index contributed by atoms with van der Waals surface area (Å²) in [4.78, 5) is 9.05. The molecule has 1 aromatic rings. The summed E-state index contributed by atoms with van der Waals surface area (Å²) in [5, 5.41) is 3.49. The van der Waals surface area contributed by atoms with Gasteiger partial charge in [-0.25, -0.2) is 9.97 Å². The number of nitrogens with one attached hydrogen (secondary N) is 1. The van der Waals surface area contributed by atoms with Gasteiger partial charge in [0, 0.05) is 17.5 Å². The Labute approximate surface area is 120 Å². The van der Waals surface area contributed by atoms with E-state index < -0.39 is 0 Å². The van der Waals surface area contributed by atoms with Crippen molar-refractivity contribution in [3.05, 3.63) is 11.4 Å². The lowest BCUT2D eigenvalue weighted by molar-refractivity contribution is 0.760. The summed E-state index contributed by atoms with van der Waals surface area (Å²) >= 11 is 1.97. The normalized spacial score (nSPS) is 16.4. The Bertz CT molecular complexity index is 432. The molecule has 2 rings (SSSR count). The van der Waals surface area contributed by atoms with Gasteiger partial charge in [-0.05, 0) is 44.6 Å². The van der Waals surface area contributed by atoms with Gasteiger partial charge in [0.1, 0.15) is 17.5 Å². The summed E-state index contributed by atoms with van der Waals surface area (Å²) in [5.74, 6) is 5.35. The minimum atomic E-state index is 0.416. The van der Waals surface area contributed by atoms with E-state index in [9.17, 15) is 0 Å². The number of hydrogen-bond acceptors (Lipinski definition) is 5. The van der Waals surface area contributed by atoms with Crippen LogP contribution < -0.4 is 11.1 Å². The van der Waals surface area contributed by atoms with Crippen LogP contribution in [0.2, 0.25) is 0 Å². The summed E-state index contributed by atoms with van der Waals surface area (Å²) < 4.78 is 0. The first-order chi connectivity index (χ1) is 9.11. The molecule has 0 aliphatic heterocycles. The first-order valence-electron chi connectivity index (χ1n) is 7.10. The Morgan fingerprint density at radius 3 is 2.79 bits per heavy atom. The second kappa shape index (κ2) is 6.46. The van der Waals surface area contributed by atoms with Gasteiger partial charge in [0.2, 0.25) is 0 Å². The summed E-state index contributed by atoms with van der Waals surface area (Å²) in [6, 6.07) is 0.416. The third-order valence-corrected chi connectivity index (χ3v) is 4.36. The molecule has 106 valence electrons. The molecule has 1 aliphatic rings. The fraction of sp³-hybridized carbons (Fsp3) is 0.714. The van der Waals surface area contributed by atoms with E-state index in [-0.39, 0.29) is 0 Å². The van der Waals surface area contributed by atoms with Crippen LogP contribution in [0, 0.1) is 6.92 Å². The molecule has 3 N–H and O–H groups in total. The van der Waals surface area contributed by atoms with Crippen LogP contribution in [0.15, 0.2) is 0 Å². The number of thioether (sulfide) groups is 1. The molecule has 0 saturated heterocycles. The second-order valence-electron chi connectivity index (χ2n) is 5.25. The van der Waals surface area contributed by atoms with E-state index in [0.717, 1.165) is 23.6 Å². The monoisotopic (exact) mass is 280 g/mol. The van der Waals surface area contributed by atoms with Crippen LogP contribution >= 0.6 is 11.8 Å². The van der Waals surface area contributed by atoms with Crippen molar-refractivity contribution in [2.24, 2.45) is 0 Å². The van der Waals surface area contributed by atoms with Crippen LogP contribution in [0.4, 0.5) is 11.6 Å². The maximum absolute atomic E-state index is 5.99. The van der Waals surface area contributed by atoms with Gasteiger partial charge < -0.3 is 11.1 Å². The lowest BCUT2D eigenvalue weighted by atomic mass is 10.2. The van der Waals surface area contributed by atoms with Gasteiger partial charge in [-0.3, -0.25) is 0 Å². The highest BCUT2D eigenvalue weighted by molar-refractivity contribution is 7.99. The fourth-order valence-electron chi connectivity index (χ4n) is 1.93. The Hall–Kier alpha value is -0.970. The number of aromatic nitrogens is 2. The Morgan fingerprint density at radius 1 is 1.42 bits per heavy atom. The van der Waals surface area contributed by atoms with E-state index in [1.807, 2.05) is 18.7 Å². The second-order valence-corrected chi connectivity index (χ2v) is 6.64. The zero-order chi connectivity index (χ0) is 13.8. The molecular weight excluding hydrogens is 256 g/mol. The van der Waals surface area contributed by atoms with Crippen molar-refractivity contribution in [2.45, 2.75) is 52.0 Å². The number of rotatable bonds is 7. The SMILES string of the molecule is CCSCCC(C)Nc1nc(C2CC2)nc(N)c1C. The molecule has 19 heavy (non-hydrogen) atoms. The van der Waals surface area contributed by atoms with Crippen molar-refractivity contribution in [1.29, 1.82) is 0 Å². The molecule has 1 atom stereocenters. The predicted octanol–water partition coefficient (Wildman–Crippen LogP) is 3.19. The minimum absolute atomic E-state index is 0.416. The standard InChI is InChI=1S/C14H24N4S/c1-4-19-8-7-9(2)16-13-10(3)12(15)17-14(18-13)11-5-6-11/h9,11H,4-8H2,1-3H3,(H3,15,16,17,18). The lowest BCUT2D eigenvalue weighted by Crippen LogP contribution is -2.19. The molecule has 1 saturated carbocycles. The molecule has 0 amide bonds. The number of nitrogens with zero attached hydrogens (tertiary/aromatic N) is 2. The molecular formula is C14H24N4S. The van der Waals surface area contributed by atoms with E-state index in [1.54, 1.807) is 0 Å². The third kappa shape index (κ3) is 4.00. The van der Waals surface area contributed by atoms with Gasteiger partial charge in [-0.1, -0.05) is 6.92 Å². The highest BCUT2D eigenvalue weighted by atomic mass is 32.2. The maximum atomic E-state index is 5.99. The molecule has 1 fully saturated rings. The number of nitrogen functional groups attached to an aromatic ring is 1. The van der Waals surface area contributed by atoms with Crippen molar-refractivity contribution in [1.82, 2.24) is 9.97 Å². The average molecular weight is 280 g/mol. The topological polar surface area (TPSA) is 63.8 Å². The number of anilines is 2. The number of nitrogens with two attached hydrogens (primary N) is 1. The molecule has 4 nitrogen and oxygen atoms in total. The van der Waals surface area contributed by atoms with Crippen molar-refractivity contribution in [2.75, 3.05) is 22.6 Å². The molecule has 0 radical (unpaired) electrons. The fourth-order valence-corrected chi connectivity index (χ4v) is 2.74. The van der Waals surface area contributed by atoms with Crippen molar-refractivity contribution >= 4 is 23.4 Å². The molecule has 1 aromatic heterocycles. The summed E-state index contributed by atoms with van der Waals surface area (Å²) in [6.07, 6.45) is 3.54. The number of hydrogen-bond donors (Lipinski definition) is 2. The quantitative estimate of drug-likeness (QED) is 0.751. The predicted molar refractivity (Wildman–Crippen MR) is 83.9 cm³/mol. The summed E-state index contributed by atoms with van der Waals surface area (Å²) in [5.41, 5.74) is 6.96. The Morgan fingerprint density at radius 2 is 2.16 bits per heavy atom. The van der Waals surface area contributed by atoms with Crippen LogP contribution in [0.3, 0.4) is 0 Å². The zero-order valence-electron chi connectivity index (χ0n) is 12.1. The molecule has 0 spiro atoms. The van der Waals surface area contributed by atoms with E-state index >= 15 is 0 Å². The van der Waals surface area contributed by atoms with E-state index in [4.69, 9.17) is 5.73 Å².